The Morgan fingerprint density at radius 3 is 2.69 bits per heavy atom. The average molecular weight is 457 g/mol. The SMILES string of the molecule is Cc1ccc(C(C)C)c(OCc2nnc(SCC(=O)Nc3ccc([N+](=O)[O-])cc3C)o2)c1. The van der Waals surface area contributed by atoms with Gasteiger partial charge in [-0.25, -0.2) is 0 Å². The Kier molecular flexibility index (Phi) is 7.47. The Labute approximate surface area is 189 Å². The maximum Gasteiger partial charge on any atom is 0.277 e. The lowest BCUT2D eigenvalue weighted by atomic mass is 10.0. The van der Waals surface area contributed by atoms with Gasteiger partial charge in [-0.3, -0.25) is 14.9 Å². The molecule has 3 rings (SSSR count). The van der Waals surface area contributed by atoms with Gasteiger partial charge in [0.25, 0.3) is 16.8 Å². The van der Waals surface area contributed by atoms with Crippen LogP contribution in [-0.2, 0) is 11.4 Å². The molecule has 0 aliphatic heterocycles. The summed E-state index contributed by atoms with van der Waals surface area (Å²) in [6.45, 7) is 8.02. The number of aryl methyl sites for hydroxylation is 2. The zero-order valence-electron chi connectivity index (χ0n) is 18.2. The van der Waals surface area contributed by atoms with Crippen molar-refractivity contribution in [2.45, 2.75) is 45.4 Å². The molecule has 1 amide bonds. The van der Waals surface area contributed by atoms with Crippen molar-refractivity contribution >= 4 is 29.0 Å². The first-order chi connectivity index (χ1) is 15.2. The summed E-state index contributed by atoms with van der Waals surface area (Å²) in [6.07, 6.45) is 0. The van der Waals surface area contributed by atoms with E-state index in [-0.39, 0.29) is 29.2 Å². The number of anilines is 1. The van der Waals surface area contributed by atoms with Crippen LogP contribution in [0, 0.1) is 24.0 Å². The van der Waals surface area contributed by atoms with E-state index in [0.717, 1.165) is 28.6 Å². The summed E-state index contributed by atoms with van der Waals surface area (Å²) in [4.78, 5) is 22.6. The second kappa shape index (κ2) is 10.3. The third-order valence-corrected chi connectivity index (χ3v) is 5.43. The number of nitro benzene ring substituents is 1. The number of hydrogen-bond donors (Lipinski definition) is 1. The number of nitrogens with one attached hydrogen (secondary N) is 1. The van der Waals surface area contributed by atoms with Gasteiger partial charge in [0.2, 0.25) is 5.91 Å². The number of carbonyl (C=O) groups excluding carboxylic acids is 1. The first-order valence-electron chi connectivity index (χ1n) is 9.96. The fraction of sp³-hybridized carbons (Fsp3) is 0.318. The molecule has 1 aromatic heterocycles. The maximum absolute atomic E-state index is 12.2. The standard InChI is InChI=1S/C22H24N4O5S/c1-13(2)17-7-5-14(3)9-19(17)30-11-21-24-25-22(31-21)32-12-20(27)23-18-8-6-16(26(28)29)10-15(18)4/h5-10,13H,11-12H2,1-4H3,(H,23,27). The van der Waals surface area contributed by atoms with Crippen molar-refractivity contribution < 1.29 is 18.9 Å². The Morgan fingerprint density at radius 2 is 2.00 bits per heavy atom. The lowest BCUT2D eigenvalue weighted by molar-refractivity contribution is -0.384. The molecule has 0 atom stereocenters. The van der Waals surface area contributed by atoms with Crippen LogP contribution in [0.2, 0.25) is 0 Å². The van der Waals surface area contributed by atoms with E-state index in [2.05, 4.69) is 35.4 Å². The molecule has 0 bridgehead atoms. The van der Waals surface area contributed by atoms with Gasteiger partial charge >= 0.3 is 0 Å². The molecule has 0 aliphatic carbocycles. The van der Waals surface area contributed by atoms with Crippen LogP contribution >= 0.6 is 11.8 Å². The fourth-order valence-corrected chi connectivity index (χ4v) is 3.53. The van der Waals surface area contributed by atoms with E-state index in [9.17, 15) is 14.9 Å². The number of benzene rings is 2. The highest BCUT2D eigenvalue weighted by molar-refractivity contribution is 7.99. The summed E-state index contributed by atoms with van der Waals surface area (Å²) in [5.74, 6) is 1.18. The van der Waals surface area contributed by atoms with Gasteiger partial charge in [-0.05, 0) is 48.6 Å². The van der Waals surface area contributed by atoms with Gasteiger partial charge in [-0.1, -0.05) is 37.7 Å². The van der Waals surface area contributed by atoms with Gasteiger partial charge in [0.15, 0.2) is 6.61 Å². The van der Waals surface area contributed by atoms with Crippen LogP contribution in [0.3, 0.4) is 0 Å². The molecule has 0 spiro atoms. The molecule has 0 aliphatic rings. The lowest BCUT2D eigenvalue weighted by Crippen LogP contribution is -2.14. The molecule has 0 saturated heterocycles. The monoisotopic (exact) mass is 456 g/mol. The molecule has 0 radical (unpaired) electrons. The Morgan fingerprint density at radius 1 is 1.22 bits per heavy atom. The van der Waals surface area contributed by atoms with Gasteiger partial charge in [0.05, 0.1) is 10.7 Å². The number of aromatic nitrogens is 2. The number of nitrogens with zero attached hydrogens (tertiary/aromatic N) is 3. The van der Waals surface area contributed by atoms with Crippen LogP contribution in [0.25, 0.3) is 0 Å². The van der Waals surface area contributed by atoms with Crippen molar-refractivity contribution in [3.8, 4) is 5.75 Å². The molecule has 32 heavy (non-hydrogen) atoms. The van der Waals surface area contributed by atoms with Crippen LogP contribution in [0.15, 0.2) is 46.0 Å². The molecular formula is C22H24N4O5S. The van der Waals surface area contributed by atoms with Crippen molar-refractivity contribution in [2.75, 3.05) is 11.1 Å². The van der Waals surface area contributed by atoms with Crippen LogP contribution in [-0.4, -0.2) is 26.8 Å². The first kappa shape index (κ1) is 23.3. The highest BCUT2D eigenvalue weighted by atomic mass is 32.2. The van der Waals surface area contributed by atoms with Gasteiger partial charge in [-0.2, -0.15) is 0 Å². The maximum atomic E-state index is 12.2. The molecule has 3 aromatic rings. The third-order valence-electron chi connectivity index (χ3n) is 4.61. The minimum absolute atomic E-state index is 0.0262. The second-order valence-electron chi connectivity index (χ2n) is 7.54. The second-order valence-corrected chi connectivity index (χ2v) is 8.47. The number of amides is 1. The van der Waals surface area contributed by atoms with Crippen molar-refractivity contribution in [1.29, 1.82) is 0 Å². The predicted octanol–water partition coefficient (Wildman–Crippen LogP) is 5.03. The zero-order chi connectivity index (χ0) is 23.3. The normalized spacial score (nSPS) is 10.9. The quantitative estimate of drug-likeness (QED) is 0.270. The van der Waals surface area contributed by atoms with Crippen LogP contribution in [0.1, 0.15) is 42.3 Å². The topological polar surface area (TPSA) is 120 Å². The number of thioether (sulfide) groups is 1. The molecule has 1 heterocycles. The number of rotatable bonds is 9. The molecule has 0 unspecified atom stereocenters. The van der Waals surface area contributed by atoms with E-state index in [0.29, 0.717) is 23.1 Å². The molecule has 2 aromatic carbocycles. The predicted molar refractivity (Wildman–Crippen MR) is 121 cm³/mol. The Balaban J connectivity index is 1.53. The van der Waals surface area contributed by atoms with Gasteiger partial charge in [-0.15, -0.1) is 10.2 Å². The number of carbonyl (C=O) groups is 1. The van der Waals surface area contributed by atoms with Crippen molar-refractivity contribution in [3.63, 3.8) is 0 Å². The number of ether oxygens (including phenoxy) is 1. The molecular weight excluding hydrogens is 432 g/mol. The van der Waals surface area contributed by atoms with Gasteiger partial charge in [0.1, 0.15) is 5.75 Å². The van der Waals surface area contributed by atoms with Crippen LogP contribution < -0.4 is 10.1 Å². The van der Waals surface area contributed by atoms with E-state index in [1.54, 1.807) is 6.92 Å². The smallest absolute Gasteiger partial charge is 0.277 e. The lowest BCUT2D eigenvalue weighted by Gasteiger charge is -2.13. The summed E-state index contributed by atoms with van der Waals surface area (Å²) in [6, 6.07) is 10.3. The van der Waals surface area contributed by atoms with E-state index < -0.39 is 4.92 Å². The molecule has 10 heteroatoms. The summed E-state index contributed by atoms with van der Waals surface area (Å²) in [5.41, 5.74) is 3.29. The molecule has 0 saturated carbocycles. The van der Waals surface area contributed by atoms with E-state index in [1.165, 1.54) is 18.2 Å². The van der Waals surface area contributed by atoms with Gasteiger partial charge < -0.3 is 14.5 Å². The highest BCUT2D eigenvalue weighted by Gasteiger charge is 2.14. The Bertz CT molecular complexity index is 1130. The number of nitro groups is 1. The van der Waals surface area contributed by atoms with Crippen molar-refractivity contribution in [2.24, 2.45) is 0 Å². The van der Waals surface area contributed by atoms with Gasteiger partial charge in [0, 0.05) is 17.8 Å². The van der Waals surface area contributed by atoms with E-state index >= 15 is 0 Å². The first-order valence-corrected chi connectivity index (χ1v) is 10.9. The minimum atomic E-state index is -0.478. The average Bonchev–Trinajstić information content (AvgIpc) is 3.20. The summed E-state index contributed by atoms with van der Waals surface area (Å²) < 4.78 is 11.5. The summed E-state index contributed by atoms with van der Waals surface area (Å²) in [7, 11) is 0. The molecule has 9 nitrogen and oxygen atoms in total. The van der Waals surface area contributed by atoms with E-state index in [4.69, 9.17) is 9.15 Å². The summed E-state index contributed by atoms with van der Waals surface area (Å²) in [5, 5.41) is 21.7. The highest BCUT2D eigenvalue weighted by Crippen LogP contribution is 2.28. The largest absolute Gasteiger partial charge is 0.484 e. The van der Waals surface area contributed by atoms with E-state index in [1.807, 2.05) is 19.1 Å². The molecule has 0 fully saturated rings. The molecule has 168 valence electrons. The summed E-state index contributed by atoms with van der Waals surface area (Å²) >= 11 is 1.10. The third kappa shape index (κ3) is 6.07. The van der Waals surface area contributed by atoms with Crippen molar-refractivity contribution in [1.82, 2.24) is 10.2 Å². The van der Waals surface area contributed by atoms with Crippen LogP contribution in [0.4, 0.5) is 11.4 Å². The Hall–Kier alpha value is -3.40. The fourth-order valence-electron chi connectivity index (χ4n) is 2.95. The zero-order valence-corrected chi connectivity index (χ0v) is 19.1. The number of non-ortho nitro benzene ring substituents is 1. The van der Waals surface area contributed by atoms with Crippen molar-refractivity contribution in [3.05, 3.63) is 69.1 Å². The minimum Gasteiger partial charge on any atom is -0.484 e. The van der Waals surface area contributed by atoms with Crippen LogP contribution in [0.5, 0.6) is 5.75 Å². The number of hydrogen-bond acceptors (Lipinski definition) is 8. The molecule has 1 N–H and O–H groups in total.